The van der Waals surface area contributed by atoms with Crippen LogP contribution in [0.4, 0.5) is 5.69 Å². The Bertz CT molecular complexity index is 572. The SMILES string of the molecule is OC1=C(O)C(O)N(O)c2c(O)c(O)c(O)c(O)c21.[Er]. The molecule has 1 aliphatic rings. The fourth-order valence-corrected chi connectivity index (χ4v) is 1.62. The van der Waals surface area contributed by atoms with E-state index in [-0.39, 0.29) is 42.4 Å². The third kappa shape index (κ3) is 1.99. The van der Waals surface area contributed by atoms with Gasteiger partial charge >= 0.3 is 0 Å². The number of aromatic hydroxyl groups is 4. The van der Waals surface area contributed by atoms with Crippen molar-refractivity contribution in [2.24, 2.45) is 0 Å². The molecule has 0 aromatic heterocycles. The Morgan fingerprint density at radius 2 is 1.26 bits per heavy atom. The first-order chi connectivity index (χ1) is 8.29. The normalized spacial score (nSPS) is 18.0. The second-order valence-corrected chi connectivity index (χ2v) is 3.57. The van der Waals surface area contributed by atoms with Crippen LogP contribution in [0.2, 0.25) is 0 Å². The number of fused-ring (bicyclic) bond motifs is 1. The number of nitrogens with zero attached hydrogens (tertiary/aromatic N) is 1. The predicted octanol–water partition coefficient (Wildman–Crippen LogP) is -0.179. The van der Waals surface area contributed by atoms with Gasteiger partial charge in [0.2, 0.25) is 17.7 Å². The van der Waals surface area contributed by atoms with Crippen molar-refractivity contribution in [3.05, 3.63) is 11.3 Å². The van der Waals surface area contributed by atoms with Crippen molar-refractivity contribution in [2.45, 2.75) is 6.23 Å². The smallest absolute Gasteiger partial charge is 0.213 e. The molecule has 0 radical (unpaired) electrons. The molecule has 0 saturated heterocycles. The molecule has 1 aliphatic heterocycles. The van der Waals surface area contributed by atoms with Gasteiger partial charge in [-0.2, -0.15) is 0 Å². The van der Waals surface area contributed by atoms with Crippen molar-refractivity contribution in [2.75, 3.05) is 5.06 Å². The molecule has 1 atom stereocenters. The molecule has 2 rings (SSSR count). The van der Waals surface area contributed by atoms with Gasteiger partial charge in [0, 0.05) is 37.3 Å². The molecule has 110 valence electrons. The number of hydroxylamine groups is 1. The number of benzene rings is 1. The van der Waals surface area contributed by atoms with E-state index in [9.17, 15) is 41.0 Å². The molecule has 8 N–H and O–H groups in total. The fraction of sp³-hybridized carbons (Fsp3) is 0.111. The van der Waals surface area contributed by atoms with E-state index >= 15 is 0 Å². The van der Waals surface area contributed by atoms with Crippen molar-refractivity contribution >= 4 is 11.4 Å². The molecule has 1 aromatic carbocycles. The van der Waals surface area contributed by atoms with Crippen LogP contribution >= 0.6 is 0 Å². The van der Waals surface area contributed by atoms with Gasteiger partial charge in [0.15, 0.2) is 23.0 Å². The van der Waals surface area contributed by atoms with Crippen LogP contribution in [0.25, 0.3) is 5.76 Å². The van der Waals surface area contributed by atoms with Gasteiger partial charge in [-0.05, 0) is 0 Å². The summed E-state index contributed by atoms with van der Waals surface area (Å²) < 4.78 is 0. The molecule has 9 nitrogen and oxygen atoms in total. The zero-order chi connectivity index (χ0) is 13.8. The molecule has 0 fully saturated rings. The predicted molar refractivity (Wildman–Crippen MR) is 55.6 cm³/mol. The number of anilines is 1. The van der Waals surface area contributed by atoms with Crippen LogP contribution in [0.3, 0.4) is 0 Å². The Hall–Kier alpha value is -1.27. The standard InChI is InChI=1S/C9H9NO8.Er/c11-3-1-2(5(13)7(15)6(3)14)10(18)9(17)8(16)4(1)12;/h9,11-18H;. The molecule has 10 heteroatoms. The molecule has 0 saturated carbocycles. The Balaban J connectivity index is 0.00000180. The van der Waals surface area contributed by atoms with E-state index < -0.39 is 52.0 Å². The summed E-state index contributed by atoms with van der Waals surface area (Å²) >= 11 is 0. The van der Waals surface area contributed by atoms with E-state index in [2.05, 4.69) is 0 Å². The number of phenolic OH excluding ortho intramolecular Hbond substituents is 4. The Kier molecular flexibility index (Phi) is 4.16. The van der Waals surface area contributed by atoms with E-state index in [1.165, 1.54) is 0 Å². The van der Waals surface area contributed by atoms with Crippen molar-refractivity contribution in [3.8, 4) is 23.0 Å². The Labute approximate surface area is 135 Å². The minimum absolute atomic E-state index is 0. The largest absolute Gasteiger partial charge is 0.505 e. The fourth-order valence-electron chi connectivity index (χ4n) is 1.62. The van der Waals surface area contributed by atoms with Crippen LogP contribution in [0.1, 0.15) is 5.56 Å². The number of phenols is 4. The van der Waals surface area contributed by atoms with Crippen molar-refractivity contribution in [1.29, 1.82) is 0 Å². The van der Waals surface area contributed by atoms with E-state index in [0.29, 0.717) is 0 Å². The van der Waals surface area contributed by atoms with Crippen LogP contribution in [0.5, 0.6) is 23.0 Å². The van der Waals surface area contributed by atoms with Gasteiger partial charge in [-0.1, -0.05) is 0 Å². The van der Waals surface area contributed by atoms with E-state index in [4.69, 9.17) is 0 Å². The maximum atomic E-state index is 9.51. The zero-order valence-corrected chi connectivity index (χ0v) is 10.7. The van der Waals surface area contributed by atoms with Gasteiger partial charge in [-0.25, -0.2) is 5.06 Å². The minimum Gasteiger partial charge on any atom is -0.505 e. The number of hydrogen-bond acceptors (Lipinski definition) is 9. The van der Waals surface area contributed by atoms with Crippen molar-refractivity contribution in [1.82, 2.24) is 0 Å². The van der Waals surface area contributed by atoms with Gasteiger partial charge in [-0.3, -0.25) is 5.21 Å². The average molecular weight is 426 g/mol. The number of aliphatic hydroxyl groups excluding tert-OH is 3. The third-order valence-electron chi connectivity index (χ3n) is 2.56. The average Bonchev–Trinajstić information content (AvgIpc) is 2.35. The summed E-state index contributed by atoms with van der Waals surface area (Å²) in [6, 6.07) is 0. The zero-order valence-electron chi connectivity index (χ0n) is 8.89. The van der Waals surface area contributed by atoms with Crippen LogP contribution < -0.4 is 5.06 Å². The minimum atomic E-state index is -2.10. The van der Waals surface area contributed by atoms with Gasteiger partial charge < -0.3 is 35.7 Å². The summed E-state index contributed by atoms with van der Waals surface area (Å²) in [5, 5.41) is 75.0. The first kappa shape index (κ1) is 15.8. The van der Waals surface area contributed by atoms with Crippen molar-refractivity contribution < 1.29 is 78.3 Å². The molecule has 0 amide bonds. The van der Waals surface area contributed by atoms with Gasteiger partial charge in [0.1, 0.15) is 5.69 Å². The van der Waals surface area contributed by atoms with E-state index in [0.717, 1.165) is 0 Å². The summed E-state index contributed by atoms with van der Waals surface area (Å²) in [5.41, 5.74) is -1.52. The van der Waals surface area contributed by atoms with Crippen LogP contribution in [-0.4, -0.2) is 47.2 Å². The van der Waals surface area contributed by atoms with Crippen LogP contribution in [0.15, 0.2) is 5.76 Å². The molecule has 1 heterocycles. The summed E-state index contributed by atoms with van der Waals surface area (Å²) in [7, 11) is 0. The van der Waals surface area contributed by atoms with Gasteiger partial charge in [0.25, 0.3) is 0 Å². The van der Waals surface area contributed by atoms with Crippen LogP contribution in [-0.2, 0) is 0 Å². The molecule has 19 heavy (non-hydrogen) atoms. The first-order valence-corrected chi connectivity index (χ1v) is 4.57. The number of hydrogen-bond donors (Lipinski definition) is 8. The topological polar surface area (TPSA) is 165 Å². The van der Waals surface area contributed by atoms with Gasteiger partial charge in [-0.15, -0.1) is 0 Å². The Morgan fingerprint density at radius 3 is 1.79 bits per heavy atom. The van der Waals surface area contributed by atoms with Crippen LogP contribution in [0, 0.1) is 37.3 Å². The summed E-state index contributed by atoms with van der Waals surface area (Å²) in [6.07, 6.45) is -2.10. The molecule has 1 aromatic rings. The van der Waals surface area contributed by atoms with E-state index in [1.807, 2.05) is 0 Å². The quantitative estimate of drug-likeness (QED) is 0.207. The molecule has 1 unspecified atom stereocenters. The maximum Gasteiger partial charge on any atom is 0.213 e. The maximum absolute atomic E-state index is 9.51. The van der Waals surface area contributed by atoms with Crippen molar-refractivity contribution in [3.63, 3.8) is 0 Å². The first-order valence-electron chi connectivity index (χ1n) is 4.57. The van der Waals surface area contributed by atoms with Gasteiger partial charge in [0.05, 0.1) is 5.56 Å². The molecular formula is C9H9ErNO8. The summed E-state index contributed by atoms with van der Waals surface area (Å²) in [4.78, 5) is 0. The number of rotatable bonds is 0. The second kappa shape index (κ2) is 5.01. The molecular weight excluding hydrogens is 417 g/mol. The third-order valence-corrected chi connectivity index (χ3v) is 2.56. The molecule has 0 bridgehead atoms. The van der Waals surface area contributed by atoms with E-state index in [1.54, 1.807) is 0 Å². The summed E-state index contributed by atoms with van der Waals surface area (Å²) in [5.74, 6) is -6.67. The molecule has 0 aliphatic carbocycles. The summed E-state index contributed by atoms with van der Waals surface area (Å²) in [6.45, 7) is 0. The second-order valence-electron chi connectivity index (χ2n) is 3.57. The molecule has 0 spiro atoms. The monoisotopic (exact) mass is 425 g/mol. The Morgan fingerprint density at radius 1 is 0.789 bits per heavy atom. The number of aliphatic hydroxyl groups is 3.